The quantitative estimate of drug-likeness (QED) is 0.862. The maximum Gasteiger partial charge on any atom is 0.162 e. The van der Waals surface area contributed by atoms with Crippen molar-refractivity contribution in [3.05, 3.63) is 6.33 Å². The molecule has 4 saturated carbocycles. The van der Waals surface area contributed by atoms with Crippen molar-refractivity contribution in [3.63, 3.8) is 0 Å². The molecule has 28 heavy (non-hydrogen) atoms. The van der Waals surface area contributed by atoms with Gasteiger partial charge in [-0.05, 0) is 105 Å². The first kappa shape index (κ1) is 18.7. The summed E-state index contributed by atoms with van der Waals surface area (Å²) in [6.07, 6.45) is 11.8. The number of hydrogen-bond donors (Lipinski definition) is 1. The molecule has 0 aliphatic heterocycles. The highest BCUT2D eigenvalue weighted by Gasteiger charge is 2.58. The van der Waals surface area contributed by atoms with E-state index in [2.05, 4.69) is 22.3 Å². The zero-order chi connectivity index (χ0) is 19.5. The number of fused-ring (bicyclic) bond motifs is 5. The van der Waals surface area contributed by atoms with E-state index in [-0.39, 0.29) is 17.9 Å². The first-order valence-electron chi connectivity index (χ1n) is 11.3. The number of Topliss-reactive ketones (excluding diaryl/α,β-unsaturated/α-hetero) is 1. The van der Waals surface area contributed by atoms with Crippen LogP contribution < -0.4 is 0 Å². The predicted molar refractivity (Wildman–Crippen MR) is 104 cm³/mol. The van der Waals surface area contributed by atoms with E-state index in [0.29, 0.717) is 17.6 Å². The van der Waals surface area contributed by atoms with E-state index in [1.54, 1.807) is 0 Å². The summed E-state index contributed by atoms with van der Waals surface area (Å²) in [5.41, 5.74) is -0.302. The van der Waals surface area contributed by atoms with E-state index in [0.717, 1.165) is 37.0 Å². The van der Waals surface area contributed by atoms with E-state index >= 15 is 0 Å². The molecule has 0 bridgehead atoms. The largest absolute Gasteiger partial charge is 0.390 e. The number of nitrogens with zero attached hydrogens (tertiary/aromatic N) is 4. The van der Waals surface area contributed by atoms with Crippen LogP contribution in [0.3, 0.4) is 0 Å². The molecule has 1 aromatic rings. The minimum Gasteiger partial charge on any atom is -0.390 e. The second-order valence-corrected chi connectivity index (χ2v) is 10.8. The third-order valence-electron chi connectivity index (χ3n) is 9.31. The normalized spacial score (nSPS) is 47.8. The minimum absolute atomic E-state index is 0.145. The van der Waals surface area contributed by atoms with Gasteiger partial charge in [0.05, 0.1) is 5.60 Å². The lowest BCUT2D eigenvalue weighted by Gasteiger charge is -2.56. The fourth-order valence-electron chi connectivity index (χ4n) is 8.12. The highest BCUT2D eigenvalue weighted by Crippen LogP contribution is 2.64. The molecule has 4 fully saturated rings. The molecule has 6 heteroatoms. The van der Waals surface area contributed by atoms with E-state index < -0.39 is 5.60 Å². The maximum atomic E-state index is 13.1. The lowest BCUT2D eigenvalue weighted by Crippen LogP contribution is -2.51. The van der Waals surface area contributed by atoms with Crippen LogP contribution in [0.4, 0.5) is 0 Å². The fraction of sp³-hybridized carbons (Fsp3) is 0.909. The van der Waals surface area contributed by atoms with Gasteiger partial charge in [0.1, 0.15) is 6.54 Å². The van der Waals surface area contributed by atoms with Crippen molar-refractivity contribution in [2.45, 2.75) is 83.8 Å². The molecule has 154 valence electrons. The number of carbonyl (C=O) groups excluding carboxylic acids is 1. The summed E-state index contributed by atoms with van der Waals surface area (Å²) >= 11 is 0. The summed E-state index contributed by atoms with van der Waals surface area (Å²) in [5.74, 6) is 4.25. The van der Waals surface area contributed by atoms with E-state index in [1.807, 2.05) is 6.92 Å². The SMILES string of the molecule is C[C@]1(O)CC[C@H]2[C@H](CC[C@@H]3[C@@H]2CC[C@]2(C)[C@@H](C(=O)Cn4ncnn4)CC[C@@H]32)C1. The Morgan fingerprint density at radius 3 is 2.68 bits per heavy atom. The van der Waals surface area contributed by atoms with Crippen LogP contribution >= 0.6 is 0 Å². The average molecular weight is 387 g/mol. The Labute approximate surface area is 167 Å². The topological polar surface area (TPSA) is 80.9 Å². The highest BCUT2D eigenvalue weighted by molar-refractivity contribution is 5.81. The molecule has 0 amide bonds. The van der Waals surface area contributed by atoms with E-state index in [1.165, 1.54) is 49.6 Å². The van der Waals surface area contributed by atoms with Gasteiger partial charge >= 0.3 is 0 Å². The van der Waals surface area contributed by atoms with E-state index in [9.17, 15) is 9.90 Å². The van der Waals surface area contributed by atoms with Crippen LogP contribution in [0.5, 0.6) is 0 Å². The van der Waals surface area contributed by atoms with Crippen molar-refractivity contribution < 1.29 is 9.90 Å². The molecule has 6 nitrogen and oxygen atoms in total. The number of aromatic nitrogens is 4. The van der Waals surface area contributed by atoms with Gasteiger partial charge in [0.15, 0.2) is 12.1 Å². The summed E-state index contributed by atoms with van der Waals surface area (Å²) in [5, 5.41) is 22.2. The Morgan fingerprint density at radius 1 is 1.07 bits per heavy atom. The summed E-state index contributed by atoms with van der Waals surface area (Å²) in [6.45, 7) is 4.70. The Bertz CT molecular complexity index is 733. The summed E-state index contributed by atoms with van der Waals surface area (Å²) in [4.78, 5) is 14.5. The zero-order valence-electron chi connectivity index (χ0n) is 17.3. The van der Waals surface area contributed by atoms with Crippen LogP contribution in [-0.2, 0) is 11.3 Å². The van der Waals surface area contributed by atoms with Gasteiger partial charge in [-0.3, -0.25) is 4.79 Å². The third kappa shape index (κ3) is 2.94. The summed E-state index contributed by atoms with van der Waals surface area (Å²) < 4.78 is 0. The number of tetrazole rings is 1. The molecule has 1 heterocycles. The van der Waals surface area contributed by atoms with Gasteiger partial charge < -0.3 is 5.11 Å². The molecule has 4 aliphatic rings. The van der Waals surface area contributed by atoms with Crippen LogP contribution in [0.2, 0.25) is 0 Å². The number of rotatable bonds is 3. The molecule has 0 radical (unpaired) electrons. The van der Waals surface area contributed by atoms with Gasteiger partial charge in [-0.15, -0.1) is 10.2 Å². The van der Waals surface area contributed by atoms with Crippen LogP contribution in [-0.4, -0.2) is 36.7 Å². The standard InChI is InChI=1S/C22H34N4O2/c1-21(28)9-7-15-14(11-21)3-4-17-16(15)8-10-22(2)18(17)5-6-19(22)20(27)12-26-24-13-23-25-26/h13-19,28H,3-12H2,1-2H3/t14-,15+,16-,17-,18+,19-,21+,22+/m1/s1. The molecular weight excluding hydrogens is 352 g/mol. The third-order valence-corrected chi connectivity index (χ3v) is 9.31. The second-order valence-electron chi connectivity index (χ2n) is 10.8. The number of hydrogen-bond acceptors (Lipinski definition) is 5. The minimum atomic E-state index is -0.447. The first-order valence-corrected chi connectivity index (χ1v) is 11.3. The Morgan fingerprint density at radius 2 is 1.89 bits per heavy atom. The van der Waals surface area contributed by atoms with Crippen LogP contribution in [0, 0.1) is 40.9 Å². The lowest BCUT2D eigenvalue weighted by molar-refractivity contribution is -0.133. The fourth-order valence-corrected chi connectivity index (χ4v) is 8.12. The first-order chi connectivity index (χ1) is 13.4. The molecule has 0 unspecified atom stereocenters. The Kier molecular flexibility index (Phi) is 4.42. The number of aliphatic hydroxyl groups is 1. The number of ketones is 1. The molecule has 0 saturated heterocycles. The van der Waals surface area contributed by atoms with E-state index in [4.69, 9.17) is 0 Å². The van der Waals surface area contributed by atoms with Crippen molar-refractivity contribution in [1.29, 1.82) is 0 Å². The lowest BCUT2D eigenvalue weighted by atomic mass is 9.49. The predicted octanol–water partition coefficient (Wildman–Crippen LogP) is 3.26. The van der Waals surface area contributed by atoms with Crippen LogP contribution in [0.25, 0.3) is 0 Å². The van der Waals surface area contributed by atoms with Crippen molar-refractivity contribution in [2.24, 2.45) is 40.9 Å². The smallest absolute Gasteiger partial charge is 0.162 e. The Hall–Kier alpha value is -1.30. The molecule has 0 aromatic carbocycles. The molecule has 5 rings (SSSR count). The van der Waals surface area contributed by atoms with Crippen molar-refractivity contribution in [3.8, 4) is 0 Å². The molecule has 1 N–H and O–H groups in total. The van der Waals surface area contributed by atoms with Gasteiger partial charge in [-0.1, -0.05) is 6.92 Å². The molecule has 0 spiro atoms. The van der Waals surface area contributed by atoms with Crippen molar-refractivity contribution >= 4 is 5.78 Å². The van der Waals surface area contributed by atoms with Crippen molar-refractivity contribution in [1.82, 2.24) is 20.2 Å². The van der Waals surface area contributed by atoms with Crippen LogP contribution in [0.1, 0.15) is 71.6 Å². The zero-order valence-corrected chi connectivity index (χ0v) is 17.3. The average Bonchev–Trinajstić information content (AvgIpc) is 3.27. The van der Waals surface area contributed by atoms with Gasteiger partial charge in [-0.25, -0.2) is 0 Å². The Balaban J connectivity index is 1.32. The molecule has 4 aliphatic carbocycles. The molecule has 8 atom stereocenters. The van der Waals surface area contributed by atoms with Gasteiger partial charge in [0.25, 0.3) is 0 Å². The van der Waals surface area contributed by atoms with Gasteiger partial charge in [0, 0.05) is 5.92 Å². The van der Waals surface area contributed by atoms with Crippen LogP contribution in [0.15, 0.2) is 6.33 Å². The van der Waals surface area contributed by atoms with Crippen molar-refractivity contribution in [2.75, 3.05) is 0 Å². The summed E-state index contributed by atoms with van der Waals surface area (Å²) in [7, 11) is 0. The second kappa shape index (κ2) is 6.61. The molecular formula is C22H34N4O2. The van der Waals surface area contributed by atoms with Gasteiger partial charge in [-0.2, -0.15) is 4.80 Å². The molecule has 1 aromatic heterocycles. The highest BCUT2D eigenvalue weighted by atomic mass is 16.3. The summed E-state index contributed by atoms with van der Waals surface area (Å²) in [6, 6.07) is 0. The number of carbonyl (C=O) groups is 1. The monoisotopic (exact) mass is 386 g/mol. The van der Waals surface area contributed by atoms with Gasteiger partial charge in [0.2, 0.25) is 0 Å². The maximum absolute atomic E-state index is 13.1.